The molecule has 5 heteroatoms. The van der Waals surface area contributed by atoms with Crippen LogP contribution in [0.2, 0.25) is 0 Å². The van der Waals surface area contributed by atoms with Gasteiger partial charge in [0, 0.05) is 9.26 Å². The maximum atomic E-state index is 11.9. The summed E-state index contributed by atoms with van der Waals surface area (Å²) in [5.41, 5.74) is 0.873. The number of carbonyl (C=O) groups is 1. The fraction of sp³-hybridized carbons (Fsp3) is 0.417. The van der Waals surface area contributed by atoms with Crippen molar-refractivity contribution >= 4 is 46.6 Å². The van der Waals surface area contributed by atoms with Crippen molar-refractivity contribution in [2.45, 2.75) is 25.3 Å². The summed E-state index contributed by atoms with van der Waals surface area (Å²) in [6, 6.07) is 7.83. The average Bonchev–Trinajstić information content (AvgIpc) is 2.33. The molecule has 1 heterocycles. The van der Waals surface area contributed by atoms with Crippen molar-refractivity contribution in [3.8, 4) is 0 Å². The topological polar surface area (TPSA) is 41.1 Å². The van der Waals surface area contributed by atoms with Crippen LogP contribution < -0.4 is 10.6 Å². The van der Waals surface area contributed by atoms with Crippen molar-refractivity contribution in [1.82, 2.24) is 5.32 Å². The molecule has 0 spiro atoms. The quantitative estimate of drug-likeness (QED) is 0.790. The normalized spacial score (nSPS) is 19.2. The summed E-state index contributed by atoms with van der Waals surface area (Å²) in [4.78, 5) is 11.9. The van der Waals surface area contributed by atoms with Crippen molar-refractivity contribution in [1.29, 1.82) is 0 Å². The largest absolute Gasteiger partial charge is 0.325 e. The Morgan fingerprint density at radius 3 is 2.59 bits per heavy atom. The number of piperidine rings is 1. The van der Waals surface area contributed by atoms with Crippen LogP contribution in [-0.4, -0.2) is 18.5 Å². The van der Waals surface area contributed by atoms with Gasteiger partial charge in [0.25, 0.3) is 0 Å². The van der Waals surface area contributed by atoms with Gasteiger partial charge in [-0.1, -0.05) is 6.42 Å². The predicted molar refractivity (Wildman–Crippen MR) is 80.7 cm³/mol. The van der Waals surface area contributed by atoms with Gasteiger partial charge in [-0.05, 0) is 66.2 Å². The second kappa shape index (κ2) is 7.18. The van der Waals surface area contributed by atoms with Crippen LogP contribution in [0.4, 0.5) is 5.69 Å². The maximum Gasteiger partial charge on any atom is 0.241 e. The van der Waals surface area contributed by atoms with Crippen LogP contribution in [0.1, 0.15) is 19.3 Å². The number of halogens is 2. The molecule has 0 aromatic heterocycles. The first-order valence-corrected chi connectivity index (χ1v) is 6.63. The third-order valence-corrected chi connectivity index (χ3v) is 3.46. The summed E-state index contributed by atoms with van der Waals surface area (Å²) in [6.07, 6.45) is 3.25. The molecule has 1 aromatic carbocycles. The molecule has 1 amide bonds. The Kier molecular flexibility index (Phi) is 6.22. The van der Waals surface area contributed by atoms with Gasteiger partial charge in [0.15, 0.2) is 0 Å². The van der Waals surface area contributed by atoms with E-state index in [1.165, 1.54) is 9.99 Å². The molecular formula is C12H16ClIN2O. The van der Waals surface area contributed by atoms with Crippen LogP contribution in [-0.2, 0) is 4.79 Å². The molecule has 0 saturated carbocycles. The lowest BCUT2D eigenvalue weighted by Crippen LogP contribution is -2.43. The van der Waals surface area contributed by atoms with E-state index in [2.05, 4.69) is 33.2 Å². The lowest BCUT2D eigenvalue weighted by Gasteiger charge is -2.22. The second-order valence-electron chi connectivity index (χ2n) is 4.00. The Bertz CT molecular complexity index is 363. The van der Waals surface area contributed by atoms with Crippen LogP contribution in [0.25, 0.3) is 0 Å². The molecule has 1 aromatic rings. The van der Waals surface area contributed by atoms with Gasteiger partial charge >= 0.3 is 0 Å². The molecule has 0 aliphatic carbocycles. The van der Waals surface area contributed by atoms with Gasteiger partial charge in [0.05, 0.1) is 6.04 Å². The smallest absolute Gasteiger partial charge is 0.241 e. The lowest BCUT2D eigenvalue weighted by molar-refractivity contribution is -0.118. The Hall–Kier alpha value is -0.330. The molecule has 0 unspecified atom stereocenters. The van der Waals surface area contributed by atoms with Gasteiger partial charge in [0.1, 0.15) is 0 Å². The minimum atomic E-state index is -0.0203. The fourth-order valence-electron chi connectivity index (χ4n) is 1.84. The number of benzene rings is 1. The highest BCUT2D eigenvalue weighted by molar-refractivity contribution is 14.1. The lowest BCUT2D eigenvalue weighted by atomic mass is 10.0. The van der Waals surface area contributed by atoms with Crippen molar-refractivity contribution in [3.05, 3.63) is 27.8 Å². The summed E-state index contributed by atoms with van der Waals surface area (Å²) in [7, 11) is 0. The summed E-state index contributed by atoms with van der Waals surface area (Å²) >= 11 is 2.25. The molecule has 1 aliphatic heterocycles. The summed E-state index contributed by atoms with van der Waals surface area (Å²) in [5.74, 6) is 0.0842. The molecule has 2 N–H and O–H groups in total. The number of rotatable bonds is 2. The number of carbonyl (C=O) groups excluding carboxylic acids is 1. The average molecular weight is 367 g/mol. The van der Waals surface area contributed by atoms with Gasteiger partial charge in [-0.15, -0.1) is 12.4 Å². The third kappa shape index (κ3) is 4.44. The first kappa shape index (κ1) is 14.7. The van der Waals surface area contributed by atoms with E-state index in [1.807, 2.05) is 24.3 Å². The molecule has 94 valence electrons. The van der Waals surface area contributed by atoms with Crippen molar-refractivity contribution < 1.29 is 4.79 Å². The molecule has 17 heavy (non-hydrogen) atoms. The molecule has 1 saturated heterocycles. The van der Waals surface area contributed by atoms with Crippen molar-refractivity contribution in [2.24, 2.45) is 0 Å². The number of amides is 1. The minimum Gasteiger partial charge on any atom is -0.325 e. The van der Waals surface area contributed by atoms with Crippen molar-refractivity contribution in [2.75, 3.05) is 11.9 Å². The second-order valence-corrected chi connectivity index (χ2v) is 5.24. The number of nitrogens with one attached hydrogen (secondary N) is 2. The van der Waals surface area contributed by atoms with Gasteiger partial charge in [0.2, 0.25) is 5.91 Å². The molecule has 0 radical (unpaired) electrons. The number of hydrogen-bond acceptors (Lipinski definition) is 2. The van der Waals surface area contributed by atoms with Crippen LogP contribution in [0.3, 0.4) is 0 Å². The first-order valence-electron chi connectivity index (χ1n) is 5.55. The highest BCUT2D eigenvalue weighted by Crippen LogP contribution is 2.13. The summed E-state index contributed by atoms with van der Waals surface area (Å²) in [5, 5.41) is 6.17. The fourth-order valence-corrected chi connectivity index (χ4v) is 2.20. The highest BCUT2D eigenvalue weighted by Gasteiger charge is 2.20. The first-order chi connectivity index (χ1) is 7.75. The Morgan fingerprint density at radius 2 is 2.00 bits per heavy atom. The van der Waals surface area contributed by atoms with E-state index in [9.17, 15) is 4.79 Å². The number of anilines is 1. The molecule has 3 nitrogen and oxygen atoms in total. The zero-order chi connectivity index (χ0) is 11.4. The number of hydrogen-bond donors (Lipinski definition) is 2. The highest BCUT2D eigenvalue weighted by atomic mass is 127. The molecule has 1 aliphatic rings. The van der Waals surface area contributed by atoms with Crippen LogP contribution in [0.15, 0.2) is 24.3 Å². The molecule has 1 atom stereocenters. The summed E-state index contributed by atoms with van der Waals surface area (Å²) < 4.78 is 1.17. The van der Waals surface area contributed by atoms with Gasteiger partial charge in [-0.2, -0.15) is 0 Å². The van der Waals surface area contributed by atoms with E-state index in [1.54, 1.807) is 0 Å². The summed E-state index contributed by atoms with van der Waals surface area (Å²) in [6.45, 7) is 0.949. The van der Waals surface area contributed by atoms with E-state index in [4.69, 9.17) is 0 Å². The van der Waals surface area contributed by atoms with E-state index in [-0.39, 0.29) is 24.4 Å². The molecular weight excluding hydrogens is 351 g/mol. The SMILES string of the molecule is Cl.O=C(Nc1ccc(I)cc1)[C@@H]1CCCCN1. The minimum absolute atomic E-state index is 0. The Labute approximate surface area is 121 Å². The maximum absolute atomic E-state index is 11.9. The Morgan fingerprint density at radius 1 is 1.29 bits per heavy atom. The molecule has 0 bridgehead atoms. The van der Waals surface area contributed by atoms with E-state index < -0.39 is 0 Å². The van der Waals surface area contributed by atoms with Crippen LogP contribution in [0.5, 0.6) is 0 Å². The standard InChI is InChI=1S/C12H15IN2O.ClH/c13-9-4-6-10(7-5-9)15-12(16)11-3-1-2-8-14-11;/h4-7,11,14H,1-3,8H2,(H,15,16);1H/t11-;/m0./s1. The van der Waals surface area contributed by atoms with Crippen LogP contribution in [0, 0.1) is 3.57 Å². The predicted octanol–water partition coefficient (Wildman–Crippen LogP) is 2.79. The zero-order valence-electron chi connectivity index (χ0n) is 9.41. The van der Waals surface area contributed by atoms with Crippen molar-refractivity contribution in [3.63, 3.8) is 0 Å². The molecule has 2 rings (SSSR count). The van der Waals surface area contributed by atoms with Crippen LogP contribution >= 0.6 is 35.0 Å². The Balaban J connectivity index is 0.00000144. The monoisotopic (exact) mass is 366 g/mol. The van der Waals surface area contributed by atoms with Gasteiger partial charge in [-0.25, -0.2) is 0 Å². The molecule has 1 fully saturated rings. The van der Waals surface area contributed by atoms with E-state index >= 15 is 0 Å². The third-order valence-electron chi connectivity index (χ3n) is 2.74. The van der Waals surface area contributed by atoms with Gasteiger partial charge < -0.3 is 10.6 Å². The van der Waals surface area contributed by atoms with Gasteiger partial charge in [-0.3, -0.25) is 4.79 Å². The van der Waals surface area contributed by atoms with E-state index in [0.717, 1.165) is 25.1 Å². The zero-order valence-corrected chi connectivity index (χ0v) is 12.4. The van der Waals surface area contributed by atoms with E-state index in [0.29, 0.717) is 0 Å².